The van der Waals surface area contributed by atoms with Crippen molar-refractivity contribution in [3.63, 3.8) is 0 Å². The molecule has 0 aliphatic rings. The molecule has 0 bridgehead atoms. The lowest BCUT2D eigenvalue weighted by Gasteiger charge is -2.03. The third-order valence-electron chi connectivity index (χ3n) is 2.98. The molecule has 0 aliphatic carbocycles. The first-order valence-electron chi connectivity index (χ1n) is 6.36. The van der Waals surface area contributed by atoms with Crippen LogP contribution in [-0.4, -0.2) is 5.78 Å². The van der Waals surface area contributed by atoms with E-state index in [2.05, 4.69) is 5.32 Å². The van der Waals surface area contributed by atoms with Crippen LogP contribution in [-0.2, 0) is 0 Å². The largest absolute Gasteiger partial charge is 0.362 e. The molecule has 0 spiro atoms. The fraction of sp³-hybridized carbons (Fsp3) is 0.118. The topological polar surface area (TPSA) is 29.1 Å². The number of rotatable bonds is 4. The smallest absolute Gasteiger partial charge is 0.187 e. The Labute approximate surface area is 118 Å². The van der Waals surface area contributed by atoms with Crippen molar-refractivity contribution in [3.05, 3.63) is 77.2 Å². The van der Waals surface area contributed by atoms with Crippen LogP contribution in [0, 0.1) is 19.7 Å². The van der Waals surface area contributed by atoms with Crippen LogP contribution in [0.1, 0.15) is 21.5 Å². The van der Waals surface area contributed by atoms with Crippen molar-refractivity contribution in [1.29, 1.82) is 0 Å². The third kappa shape index (κ3) is 3.54. The van der Waals surface area contributed by atoms with Gasteiger partial charge in [0.05, 0.1) is 0 Å². The molecule has 2 nitrogen and oxygen atoms in total. The van der Waals surface area contributed by atoms with Gasteiger partial charge in [-0.3, -0.25) is 4.79 Å². The van der Waals surface area contributed by atoms with Gasteiger partial charge in [-0.1, -0.05) is 29.8 Å². The van der Waals surface area contributed by atoms with Crippen molar-refractivity contribution < 1.29 is 9.18 Å². The summed E-state index contributed by atoms with van der Waals surface area (Å²) in [6, 6.07) is 12.1. The monoisotopic (exact) mass is 269 g/mol. The van der Waals surface area contributed by atoms with Crippen LogP contribution < -0.4 is 5.32 Å². The molecule has 0 saturated heterocycles. The molecular formula is C17H16FNO. The molecule has 0 heterocycles. The summed E-state index contributed by atoms with van der Waals surface area (Å²) < 4.78 is 13.1. The maximum absolute atomic E-state index is 13.1. The summed E-state index contributed by atoms with van der Waals surface area (Å²) in [6.07, 6.45) is 3.03. The highest BCUT2D eigenvalue weighted by Crippen LogP contribution is 2.13. The molecular weight excluding hydrogens is 253 g/mol. The van der Waals surface area contributed by atoms with E-state index in [4.69, 9.17) is 0 Å². The van der Waals surface area contributed by atoms with Gasteiger partial charge in [0.25, 0.3) is 0 Å². The molecule has 0 radical (unpaired) electrons. The molecule has 20 heavy (non-hydrogen) atoms. The van der Waals surface area contributed by atoms with Crippen LogP contribution in [0.15, 0.2) is 54.7 Å². The SMILES string of the molecule is Cc1ccc(C(=O)C=CNc2ccc(F)c(C)c2)cc1. The van der Waals surface area contributed by atoms with E-state index in [0.717, 1.165) is 11.3 Å². The number of hydrogen-bond acceptors (Lipinski definition) is 2. The van der Waals surface area contributed by atoms with E-state index in [1.807, 2.05) is 19.1 Å². The van der Waals surface area contributed by atoms with Gasteiger partial charge in [0.2, 0.25) is 0 Å². The second-order valence-electron chi connectivity index (χ2n) is 4.67. The van der Waals surface area contributed by atoms with E-state index >= 15 is 0 Å². The van der Waals surface area contributed by atoms with Crippen LogP contribution >= 0.6 is 0 Å². The predicted molar refractivity (Wildman–Crippen MR) is 79.4 cm³/mol. The molecule has 0 fully saturated rings. The van der Waals surface area contributed by atoms with E-state index in [1.165, 1.54) is 12.1 Å². The zero-order valence-electron chi connectivity index (χ0n) is 11.5. The molecule has 0 amide bonds. The average molecular weight is 269 g/mol. The molecule has 0 aliphatic heterocycles. The molecule has 0 atom stereocenters. The predicted octanol–water partition coefficient (Wildman–Crippen LogP) is 4.25. The molecule has 0 saturated carbocycles. The third-order valence-corrected chi connectivity index (χ3v) is 2.98. The number of aryl methyl sites for hydroxylation is 2. The van der Waals surface area contributed by atoms with Gasteiger partial charge in [0, 0.05) is 23.5 Å². The van der Waals surface area contributed by atoms with Gasteiger partial charge >= 0.3 is 0 Å². The van der Waals surface area contributed by atoms with E-state index in [-0.39, 0.29) is 11.6 Å². The van der Waals surface area contributed by atoms with Gasteiger partial charge in [0.1, 0.15) is 5.82 Å². The van der Waals surface area contributed by atoms with Crippen molar-refractivity contribution in [2.24, 2.45) is 0 Å². The first-order valence-corrected chi connectivity index (χ1v) is 6.36. The zero-order chi connectivity index (χ0) is 14.5. The van der Waals surface area contributed by atoms with Crippen molar-refractivity contribution in [1.82, 2.24) is 0 Å². The Morgan fingerprint density at radius 1 is 1.10 bits per heavy atom. The number of carbonyl (C=O) groups is 1. The normalized spacial score (nSPS) is 10.8. The first kappa shape index (κ1) is 14.0. The summed E-state index contributed by atoms with van der Waals surface area (Å²) in [7, 11) is 0. The standard InChI is InChI=1S/C17H16FNO/c1-12-3-5-14(6-4-12)17(20)9-10-19-15-7-8-16(18)13(2)11-15/h3-11,19H,1-2H3. The highest BCUT2D eigenvalue weighted by molar-refractivity contribution is 6.04. The molecule has 3 heteroatoms. The molecule has 0 aromatic heterocycles. The quantitative estimate of drug-likeness (QED) is 0.664. The molecule has 102 valence electrons. The molecule has 2 rings (SSSR count). The van der Waals surface area contributed by atoms with E-state index in [0.29, 0.717) is 11.1 Å². The van der Waals surface area contributed by atoms with Crippen molar-refractivity contribution in [3.8, 4) is 0 Å². The van der Waals surface area contributed by atoms with Crippen molar-refractivity contribution in [2.75, 3.05) is 5.32 Å². The lowest BCUT2D eigenvalue weighted by Crippen LogP contribution is -1.96. The summed E-state index contributed by atoms with van der Waals surface area (Å²) >= 11 is 0. The van der Waals surface area contributed by atoms with Gasteiger partial charge in [-0.25, -0.2) is 4.39 Å². The molecule has 1 N–H and O–H groups in total. The summed E-state index contributed by atoms with van der Waals surface area (Å²) in [5.74, 6) is -0.313. The van der Waals surface area contributed by atoms with Gasteiger partial charge in [-0.05, 0) is 37.6 Å². The van der Waals surface area contributed by atoms with Gasteiger partial charge in [-0.2, -0.15) is 0 Å². The average Bonchev–Trinajstić information content (AvgIpc) is 2.43. The number of halogens is 1. The number of allylic oxidation sites excluding steroid dienone is 1. The number of anilines is 1. The number of ketones is 1. The minimum Gasteiger partial charge on any atom is -0.362 e. The minimum atomic E-state index is -0.240. The van der Waals surface area contributed by atoms with E-state index < -0.39 is 0 Å². The number of carbonyl (C=O) groups excluding carboxylic acids is 1. The van der Waals surface area contributed by atoms with E-state index in [9.17, 15) is 9.18 Å². The summed E-state index contributed by atoms with van der Waals surface area (Å²) in [4.78, 5) is 11.9. The Hall–Kier alpha value is -2.42. The second-order valence-corrected chi connectivity index (χ2v) is 4.67. The summed E-state index contributed by atoms with van der Waals surface area (Å²) in [5.41, 5.74) is 3.07. The fourth-order valence-corrected chi connectivity index (χ4v) is 1.76. The number of benzene rings is 2. The maximum atomic E-state index is 13.1. The molecule has 0 unspecified atom stereocenters. The highest BCUT2D eigenvalue weighted by atomic mass is 19.1. The van der Waals surface area contributed by atoms with Crippen LogP contribution in [0.25, 0.3) is 0 Å². The van der Waals surface area contributed by atoms with E-state index in [1.54, 1.807) is 37.4 Å². The summed E-state index contributed by atoms with van der Waals surface area (Å²) in [5, 5.41) is 2.96. The second kappa shape index (κ2) is 6.15. The number of nitrogens with one attached hydrogen (secondary N) is 1. The zero-order valence-corrected chi connectivity index (χ0v) is 11.5. The lowest BCUT2D eigenvalue weighted by molar-refractivity contribution is 0.104. The Balaban J connectivity index is 2.00. The van der Waals surface area contributed by atoms with Crippen LogP contribution in [0.5, 0.6) is 0 Å². The van der Waals surface area contributed by atoms with Crippen molar-refractivity contribution >= 4 is 11.5 Å². The molecule has 2 aromatic carbocycles. The Kier molecular flexibility index (Phi) is 4.31. The van der Waals surface area contributed by atoms with Crippen LogP contribution in [0.4, 0.5) is 10.1 Å². The Morgan fingerprint density at radius 2 is 1.80 bits per heavy atom. The summed E-state index contributed by atoms with van der Waals surface area (Å²) in [6.45, 7) is 3.67. The Bertz CT molecular complexity index is 645. The molecule has 2 aromatic rings. The Morgan fingerprint density at radius 3 is 2.45 bits per heavy atom. The lowest BCUT2D eigenvalue weighted by atomic mass is 10.1. The van der Waals surface area contributed by atoms with Crippen LogP contribution in [0.3, 0.4) is 0 Å². The minimum absolute atomic E-state index is 0.0728. The number of hydrogen-bond donors (Lipinski definition) is 1. The van der Waals surface area contributed by atoms with Gasteiger partial charge in [0.15, 0.2) is 5.78 Å². The maximum Gasteiger partial charge on any atom is 0.187 e. The van der Waals surface area contributed by atoms with Gasteiger partial charge < -0.3 is 5.32 Å². The fourth-order valence-electron chi connectivity index (χ4n) is 1.76. The van der Waals surface area contributed by atoms with Crippen molar-refractivity contribution in [2.45, 2.75) is 13.8 Å². The van der Waals surface area contributed by atoms with Gasteiger partial charge in [-0.15, -0.1) is 0 Å². The highest BCUT2D eigenvalue weighted by Gasteiger charge is 2.01. The van der Waals surface area contributed by atoms with Crippen LogP contribution in [0.2, 0.25) is 0 Å². The first-order chi connectivity index (χ1) is 9.56.